The van der Waals surface area contributed by atoms with Crippen molar-refractivity contribution in [3.8, 4) is 17.0 Å². The van der Waals surface area contributed by atoms with Gasteiger partial charge in [-0.2, -0.15) is 0 Å². The SMILES string of the molecule is CCOC(=O)c1ccccc1NC(=O)c1ccc2nc(-c3cccc(OC(F)(F)F)c3)ccc2c1. The molecular weight excluding hydrogens is 461 g/mol. The number of rotatable bonds is 6. The Balaban J connectivity index is 1.57. The number of hydrogen-bond acceptors (Lipinski definition) is 5. The summed E-state index contributed by atoms with van der Waals surface area (Å²) in [5, 5.41) is 3.38. The number of nitrogens with one attached hydrogen (secondary N) is 1. The molecule has 1 aromatic heterocycles. The van der Waals surface area contributed by atoms with Crippen molar-refractivity contribution in [2.75, 3.05) is 11.9 Å². The summed E-state index contributed by atoms with van der Waals surface area (Å²) in [5.74, 6) is -1.31. The molecular formula is C26H19F3N2O4. The topological polar surface area (TPSA) is 77.5 Å². The van der Waals surface area contributed by atoms with E-state index in [-0.39, 0.29) is 17.9 Å². The second-order valence-electron chi connectivity index (χ2n) is 7.40. The van der Waals surface area contributed by atoms with Crippen molar-refractivity contribution < 1.29 is 32.2 Å². The highest BCUT2D eigenvalue weighted by Gasteiger charge is 2.31. The minimum atomic E-state index is -4.79. The predicted octanol–water partition coefficient (Wildman–Crippen LogP) is 6.23. The van der Waals surface area contributed by atoms with Crippen molar-refractivity contribution in [1.29, 1.82) is 0 Å². The van der Waals surface area contributed by atoms with Crippen LogP contribution in [0.5, 0.6) is 5.75 Å². The van der Waals surface area contributed by atoms with E-state index in [4.69, 9.17) is 4.74 Å². The summed E-state index contributed by atoms with van der Waals surface area (Å²) in [4.78, 5) is 29.5. The summed E-state index contributed by atoms with van der Waals surface area (Å²) in [6, 6.07) is 20.3. The molecule has 1 N–H and O–H groups in total. The van der Waals surface area contributed by atoms with Crippen LogP contribution in [0.15, 0.2) is 78.9 Å². The fraction of sp³-hybridized carbons (Fsp3) is 0.115. The molecule has 0 saturated carbocycles. The lowest BCUT2D eigenvalue weighted by Gasteiger charge is -2.11. The van der Waals surface area contributed by atoms with Crippen molar-refractivity contribution in [3.05, 3.63) is 90.0 Å². The molecule has 0 radical (unpaired) electrons. The highest BCUT2D eigenvalue weighted by atomic mass is 19.4. The van der Waals surface area contributed by atoms with Crippen molar-refractivity contribution in [1.82, 2.24) is 4.98 Å². The highest BCUT2D eigenvalue weighted by Crippen LogP contribution is 2.28. The zero-order valence-electron chi connectivity index (χ0n) is 18.4. The largest absolute Gasteiger partial charge is 0.573 e. The van der Waals surface area contributed by atoms with E-state index in [2.05, 4.69) is 15.0 Å². The first-order valence-corrected chi connectivity index (χ1v) is 10.6. The number of nitrogens with zero attached hydrogens (tertiary/aromatic N) is 1. The number of carbonyl (C=O) groups excluding carboxylic acids is 2. The first kappa shape index (κ1) is 23.7. The van der Waals surface area contributed by atoms with E-state index >= 15 is 0 Å². The molecule has 0 bridgehead atoms. The summed E-state index contributed by atoms with van der Waals surface area (Å²) >= 11 is 0. The Morgan fingerprint density at radius 1 is 0.943 bits per heavy atom. The van der Waals surface area contributed by atoms with E-state index in [1.807, 2.05) is 0 Å². The molecule has 4 rings (SSSR count). The number of benzene rings is 3. The van der Waals surface area contributed by atoms with Gasteiger partial charge >= 0.3 is 12.3 Å². The average molecular weight is 480 g/mol. The van der Waals surface area contributed by atoms with Crippen LogP contribution in [0.25, 0.3) is 22.2 Å². The number of hydrogen-bond donors (Lipinski definition) is 1. The monoisotopic (exact) mass is 480 g/mol. The molecule has 0 atom stereocenters. The van der Waals surface area contributed by atoms with Gasteiger partial charge in [0.05, 0.1) is 29.1 Å². The van der Waals surface area contributed by atoms with Gasteiger partial charge in [0.25, 0.3) is 5.91 Å². The van der Waals surface area contributed by atoms with Gasteiger partial charge in [0.2, 0.25) is 0 Å². The molecule has 3 aromatic carbocycles. The third-order valence-corrected chi connectivity index (χ3v) is 4.99. The third kappa shape index (κ3) is 5.75. The fourth-order valence-corrected chi connectivity index (χ4v) is 3.45. The van der Waals surface area contributed by atoms with Crippen LogP contribution in [-0.4, -0.2) is 29.8 Å². The molecule has 0 saturated heterocycles. The third-order valence-electron chi connectivity index (χ3n) is 4.99. The molecule has 178 valence electrons. The number of ether oxygens (including phenoxy) is 2. The Bertz CT molecular complexity index is 1400. The number of halogens is 3. The predicted molar refractivity (Wildman–Crippen MR) is 124 cm³/mol. The van der Waals surface area contributed by atoms with Crippen molar-refractivity contribution in [2.45, 2.75) is 13.3 Å². The van der Waals surface area contributed by atoms with Crippen LogP contribution in [0.4, 0.5) is 18.9 Å². The van der Waals surface area contributed by atoms with E-state index in [0.717, 1.165) is 0 Å². The molecule has 0 fully saturated rings. The molecule has 9 heteroatoms. The van der Waals surface area contributed by atoms with E-state index < -0.39 is 18.2 Å². The van der Waals surface area contributed by atoms with Gasteiger partial charge in [0, 0.05) is 16.5 Å². The van der Waals surface area contributed by atoms with Crippen LogP contribution in [0.3, 0.4) is 0 Å². The summed E-state index contributed by atoms with van der Waals surface area (Å²) in [6.07, 6.45) is -4.79. The minimum absolute atomic E-state index is 0.209. The second-order valence-corrected chi connectivity index (χ2v) is 7.40. The Labute approximate surface area is 198 Å². The normalized spacial score (nSPS) is 11.2. The molecule has 0 aliphatic rings. The van der Waals surface area contributed by atoms with E-state index in [1.54, 1.807) is 67.6 Å². The van der Waals surface area contributed by atoms with Gasteiger partial charge < -0.3 is 14.8 Å². The Morgan fingerprint density at radius 2 is 1.74 bits per heavy atom. The fourth-order valence-electron chi connectivity index (χ4n) is 3.45. The second kappa shape index (κ2) is 9.84. The number of anilines is 1. The molecule has 0 unspecified atom stereocenters. The number of aromatic nitrogens is 1. The number of para-hydroxylation sites is 1. The standard InChI is InChI=1S/C26H19F3N2O4/c1-2-34-25(33)20-8-3-4-9-23(20)31-24(32)18-11-13-22-17(14-18)10-12-21(30-22)16-6-5-7-19(15-16)35-26(27,28)29/h3-15H,2H2,1H3,(H,31,32). The van der Waals surface area contributed by atoms with Crippen molar-refractivity contribution >= 4 is 28.5 Å². The van der Waals surface area contributed by atoms with Crippen LogP contribution in [0.2, 0.25) is 0 Å². The number of alkyl halides is 3. The van der Waals surface area contributed by atoms with E-state index in [0.29, 0.717) is 33.4 Å². The Hall–Kier alpha value is -4.40. The van der Waals surface area contributed by atoms with E-state index in [1.165, 1.54) is 18.2 Å². The quantitative estimate of drug-likeness (QED) is 0.331. The smallest absolute Gasteiger partial charge is 0.462 e. The van der Waals surface area contributed by atoms with Gasteiger partial charge in [-0.05, 0) is 55.5 Å². The van der Waals surface area contributed by atoms with Crippen LogP contribution in [0, 0.1) is 0 Å². The Morgan fingerprint density at radius 3 is 2.51 bits per heavy atom. The van der Waals surface area contributed by atoms with Crippen LogP contribution in [0.1, 0.15) is 27.6 Å². The maximum atomic E-state index is 12.8. The average Bonchev–Trinajstić information content (AvgIpc) is 2.83. The molecule has 35 heavy (non-hydrogen) atoms. The summed E-state index contributed by atoms with van der Waals surface area (Å²) in [5.41, 5.74) is 2.35. The number of pyridine rings is 1. The van der Waals surface area contributed by atoms with Gasteiger partial charge in [0.1, 0.15) is 5.75 Å². The first-order valence-electron chi connectivity index (χ1n) is 10.6. The number of amides is 1. The molecule has 1 amide bonds. The molecule has 0 aliphatic heterocycles. The van der Waals surface area contributed by atoms with Crippen LogP contribution in [-0.2, 0) is 4.74 Å². The van der Waals surface area contributed by atoms with Gasteiger partial charge in [0.15, 0.2) is 0 Å². The molecule has 0 spiro atoms. The van der Waals surface area contributed by atoms with Gasteiger partial charge in [-0.1, -0.05) is 30.3 Å². The summed E-state index contributed by atoms with van der Waals surface area (Å²) < 4.78 is 46.6. The first-order chi connectivity index (χ1) is 16.7. The number of fused-ring (bicyclic) bond motifs is 1. The zero-order chi connectivity index (χ0) is 25.0. The summed E-state index contributed by atoms with van der Waals surface area (Å²) in [7, 11) is 0. The highest BCUT2D eigenvalue weighted by molar-refractivity contribution is 6.09. The Kier molecular flexibility index (Phi) is 6.68. The minimum Gasteiger partial charge on any atom is -0.462 e. The van der Waals surface area contributed by atoms with Crippen molar-refractivity contribution in [2.24, 2.45) is 0 Å². The van der Waals surface area contributed by atoms with Gasteiger partial charge in [-0.15, -0.1) is 13.2 Å². The lowest BCUT2D eigenvalue weighted by Crippen LogP contribution is -2.17. The molecule has 4 aromatic rings. The van der Waals surface area contributed by atoms with Crippen LogP contribution < -0.4 is 10.1 Å². The number of esters is 1. The number of carbonyl (C=O) groups is 2. The van der Waals surface area contributed by atoms with Gasteiger partial charge in [-0.3, -0.25) is 4.79 Å². The van der Waals surface area contributed by atoms with Crippen molar-refractivity contribution in [3.63, 3.8) is 0 Å². The van der Waals surface area contributed by atoms with Gasteiger partial charge in [-0.25, -0.2) is 9.78 Å². The molecule has 6 nitrogen and oxygen atoms in total. The zero-order valence-corrected chi connectivity index (χ0v) is 18.4. The maximum absolute atomic E-state index is 12.8. The maximum Gasteiger partial charge on any atom is 0.573 e. The summed E-state index contributed by atoms with van der Waals surface area (Å²) in [6.45, 7) is 1.90. The lowest BCUT2D eigenvalue weighted by atomic mass is 10.1. The lowest BCUT2D eigenvalue weighted by molar-refractivity contribution is -0.274. The molecule has 1 heterocycles. The van der Waals surface area contributed by atoms with Crippen LogP contribution >= 0.6 is 0 Å². The molecule has 0 aliphatic carbocycles. The van der Waals surface area contributed by atoms with E-state index in [9.17, 15) is 22.8 Å².